The van der Waals surface area contributed by atoms with Gasteiger partial charge in [0.25, 0.3) is 0 Å². The van der Waals surface area contributed by atoms with Crippen molar-refractivity contribution in [1.82, 2.24) is 14.9 Å². The SMILES string of the molecule is CC(C)(NS(C)(=O)=O)c1noc(C2CC23CCOc2ccccc23)n1. The summed E-state index contributed by atoms with van der Waals surface area (Å²) in [6, 6.07) is 8.08. The minimum atomic E-state index is -3.38. The maximum absolute atomic E-state index is 11.5. The molecule has 2 unspecified atom stereocenters. The van der Waals surface area contributed by atoms with E-state index in [0.29, 0.717) is 18.3 Å². The lowest BCUT2D eigenvalue weighted by molar-refractivity contribution is 0.253. The summed E-state index contributed by atoms with van der Waals surface area (Å²) in [5.74, 6) is 1.98. The number of hydrogen-bond donors (Lipinski definition) is 1. The molecule has 1 aliphatic heterocycles. The minimum absolute atomic E-state index is 0.00689. The van der Waals surface area contributed by atoms with Crippen LogP contribution in [0.3, 0.4) is 0 Å². The molecule has 0 bridgehead atoms. The van der Waals surface area contributed by atoms with E-state index in [2.05, 4.69) is 20.9 Å². The van der Waals surface area contributed by atoms with E-state index in [0.717, 1.165) is 24.8 Å². The molecular formula is C17H21N3O4S. The summed E-state index contributed by atoms with van der Waals surface area (Å²) in [7, 11) is -3.38. The molecule has 1 spiro atoms. The van der Waals surface area contributed by atoms with E-state index in [-0.39, 0.29) is 11.3 Å². The second kappa shape index (κ2) is 5.28. The van der Waals surface area contributed by atoms with Crippen molar-refractivity contribution in [1.29, 1.82) is 0 Å². The van der Waals surface area contributed by atoms with Crippen molar-refractivity contribution >= 4 is 10.0 Å². The van der Waals surface area contributed by atoms with E-state index < -0.39 is 15.6 Å². The molecule has 1 N–H and O–H groups in total. The zero-order chi connectivity index (χ0) is 17.9. The molecule has 134 valence electrons. The minimum Gasteiger partial charge on any atom is -0.493 e. The number of fused-ring (bicyclic) bond motifs is 2. The van der Waals surface area contributed by atoms with Gasteiger partial charge in [0.05, 0.1) is 18.4 Å². The molecule has 25 heavy (non-hydrogen) atoms. The van der Waals surface area contributed by atoms with Crippen LogP contribution in [-0.4, -0.2) is 31.4 Å². The number of nitrogens with one attached hydrogen (secondary N) is 1. The fourth-order valence-electron chi connectivity index (χ4n) is 3.82. The molecule has 7 nitrogen and oxygen atoms in total. The van der Waals surface area contributed by atoms with Gasteiger partial charge in [0.1, 0.15) is 5.75 Å². The average Bonchev–Trinajstić information content (AvgIpc) is 3.01. The highest BCUT2D eigenvalue weighted by Gasteiger charge is 2.61. The van der Waals surface area contributed by atoms with Crippen LogP contribution in [0.5, 0.6) is 5.75 Å². The Kier molecular flexibility index (Phi) is 3.49. The second-order valence-electron chi connectivity index (χ2n) is 7.46. The molecule has 0 radical (unpaired) electrons. The Hall–Kier alpha value is -1.93. The molecule has 2 atom stereocenters. The first-order chi connectivity index (χ1) is 11.7. The van der Waals surface area contributed by atoms with Crippen LogP contribution in [0.15, 0.2) is 28.8 Å². The van der Waals surface area contributed by atoms with Crippen LogP contribution in [0.25, 0.3) is 0 Å². The molecule has 0 saturated heterocycles. The quantitative estimate of drug-likeness (QED) is 0.893. The summed E-state index contributed by atoms with van der Waals surface area (Å²) < 4.78 is 36.9. The van der Waals surface area contributed by atoms with Crippen molar-refractivity contribution in [3.8, 4) is 5.75 Å². The summed E-state index contributed by atoms with van der Waals surface area (Å²) in [5, 5.41) is 4.02. The Morgan fingerprint density at radius 2 is 2.08 bits per heavy atom. The predicted molar refractivity (Wildman–Crippen MR) is 90.9 cm³/mol. The molecule has 4 rings (SSSR count). The van der Waals surface area contributed by atoms with Gasteiger partial charge < -0.3 is 9.26 Å². The molecule has 1 aliphatic carbocycles. The summed E-state index contributed by atoms with van der Waals surface area (Å²) in [6.07, 6.45) is 2.97. The third-order valence-corrected chi connectivity index (χ3v) is 5.92. The molecule has 2 aromatic rings. The standard InChI is InChI=1S/C17H21N3O4S/c1-16(2,20-25(3,21)22)15-18-14(24-19-15)12-10-17(12)8-9-23-13-7-5-4-6-11(13)17/h4-7,12,20H,8-10H2,1-3H3. The number of aromatic nitrogens is 2. The third kappa shape index (κ3) is 2.83. The number of nitrogens with zero attached hydrogens (tertiary/aromatic N) is 2. The van der Waals surface area contributed by atoms with Crippen LogP contribution in [0.2, 0.25) is 0 Å². The predicted octanol–water partition coefficient (Wildman–Crippen LogP) is 2.06. The molecule has 1 fully saturated rings. The molecule has 2 aliphatic rings. The van der Waals surface area contributed by atoms with E-state index >= 15 is 0 Å². The average molecular weight is 363 g/mol. The van der Waals surface area contributed by atoms with Gasteiger partial charge >= 0.3 is 0 Å². The zero-order valence-corrected chi connectivity index (χ0v) is 15.3. The summed E-state index contributed by atoms with van der Waals surface area (Å²) in [6.45, 7) is 4.11. The van der Waals surface area contributed by atoms with Crippen molar-refractivity contribution in [2.45, 2.75) is 43.6 Å². The third-order valence-electron chi connectivity index (χ3n) is 5.04. The van der Waals surface area contributed by atoms with Gasteiger partial charge in [0.2, 0.25) is 15.9 Å². The van der Waals surface area contributed by atoms with E-state index in [1.54, 1.807) is 13.8 Å². The molecule has 1 saturated carbocycles. The molecule has 0 amide bonds. The van der Waals surface area contributed by atoms with Crippen LogP contribution in [-0.2, 0) is 21.0 Å². The van der Waals surface area contributed by atoms with Crippen molar-refractivity contribution in [3.63, 3.8) is 0 Å². The number of para-hydroxylation sites is 1. The molecular weight excluding hydrogens is 342 g/mol. The van der Waals surface area contributed by atoms with Gasteiger partial charge in [-0.3, -0.25) is 0 Å². The molecule has 8 heteroatoms. The number of benzene rings is 1. The van der Waals surface area contributed by atoms with Gasteiger partial charge in [-0.25, -0.2) is 13.1 Å². The molecule has 1 aromatic heterocycles. The van der Waals surface area contributed by atoms with E-state index in [1.807, 2.05) is 18.2 Å². The Bertz CT molecular complexity index is 921. The van der Waals surface area contributed by atoms with Gasteiger partial charge in [-0.1, -0.05) is 23.4 Å². The monoisotopic (exact) mass is 363 g/mol. The first-order valence-corrected chi connectivity index (χ1v) is 10.2. The molecule has 2 heterocycles. The van der Waals surface area contributed by atoms with Gasteiger partial charge in [-0.05, 0) is 32.8 Å². The van der Waals surface area contributed by atoms with E-state index in [9.17, 15) is 8.42 Å². The Balaban J connectivity index is 1.62. The van der Waals surface area contributed by atoms with Crippen LogP contribution < -0.4 is 9.46 Å². The van der Waals surface area contributed by atoms with Crippen LogP contribution in [0.4, 0.5) is 0 Å². The van der Waals surface area contributed by atoms with Crippen molar-refractivity contribution < 1.29 is 17.7 Å². The van der Waals surface area contributed by atoms with E-state index in [4.69, 9.17) is 9.26 Å². The van der Waals surface area contributed by atoms with Crippen LogP contribution >= 0.6 is 0 Å². The van der Waals surface area contributed by atoms with Gasteiger partial charge in [-0.15, -0.1) is 0 Å². The highest BCUT2D eigenvalue weighted by molar-refractivity contribution is 7.88. The Morgan fingerprint density at radius 1 is 1.32 bits per heavy atom. The highest BCUT2D eigenvalue weighted by Crippen LogP contribution is 2.65. The Labute approximate surface area is 146 Å². The Morgan fingerprint density at radius 3 is 2.84 bits per heavy atom. The summed E-state index contributed by atoms with van der Waals surface area (Å²) >= 11 is 0. The fourth-order valence-corrected chi connectivity index (χ4v) is 4.84. The number of ether oxygens (including phenoxy) is 1. The van der Waals surface area contributed by atoms with Gasteiger partial charge in [0, 0.05) is 16.9 Å². The maximum Gasteiger partial charge on any atom is 0.230 e. The number of hydrogen-bond acceptors (Lipinski definition) is 6. The maximum atomic E-state index is 11.5. The lowest BCUT2D eigenvalue weighted by atomic mass is 9.87. The number of sulfonamides is 1. The lowest BCUT2D eigenvalue weighted by Gasteiger charge is -2.26. The number of rotatable bonds is 4. The summed E-state index contributed by atoms with van der Waals surface area (Å²) in [5.41, 5.74) is 0.261. The largest absolute Gasteiger partial charge is 0.493 e. The smallest absolute Gasteiger partial charge is 0.230 e. The fraction of sp³-hybridized carbons (Fsp3) is 0.529. The second-order valence-corrected chi connectivity index (χ2v) is 9.21. The lowest BCUT2D eigenvalue weighted by Crippen LogP contribution is -2.41. The topological polar surface area (TPSA) is 94.3 Å². The molecule has 1 aromatic carbocycles. The van der Waals surface area contributed by atoms with Crippen molar-refractivity contribution in [2.24, 2.45) is 0 Å². The normalized spacial score (nSPS) is 25.5. The van der Waals surface area contributed by atoms with E-state index in [1.165, 1.54) is 5.56 Å². The van der Waals surface area contributed by atoms with Crippen LogP contribution in [0.1, 0.15) is 49.9 Å². The summed E-state index contributed by atoms with van der Waals surface area (Å²) in [4.78, 5) is 4.51. The van der Waals surface area contributed by atoms with Gasteiger partial charge in [-0.2, -0.15) is 4.98 Å². The zero-order valence-electron chi connectivity index (χ0n) is 14.4. The first-order valence-electron chi connectivity index (χ1n) is 8.27. The van der Waals surface area contributed by atoms with Crippen molar-refractivity contribution in [2.75, 3.05) is 12.9 Å². The van der Waals surface area contributed by atoms with Crippen LogP contribution in [0, 0.1) is 0 Å². The first kappa shape index (κ1) is 16.5. The van der Waals surface area contributed by atoms with Crippen molar-refractivity contribution in [3.05, 3.63) is 41.5 Å². The van der Waals surface area contributed by atoms with Gasteiger partial charge in [0.15, 0.2) is 5.82 Å². The highest BCUT2D eigenvalue weighted by atomic mass is 32.2.